The van der Waals surface area contributed by atoms with Crippen LogP contribution in [0.1, 0.15) is 17.5 Å². The van der Waals surface area contributed by atoms with Crippen LogP contribution in [-0.4, -0.2) is 6.54 Å². The largest absolute Gasteiger partial charge is 0.384 e. The molecular weight excluding hydrogens is 146 g/mol. The first-order valence-electron chi connectivity index (χ1n) is 4.38. The van der Waals surface area contributed by atoms with Crippen molar-refractivity contribution in [3.8, 4) is 0 Å². The van der Waals surface area contributed by atoms with Crippen LogP contribution in [0.2, 0.25) is 0 Å². The highest BCUT2D eigenvalue weighted by molar-refractivity contribution is 5.67. The van der Waals surface area contributed by atoms with Crippen molar-refractivity contribution in [3.05, 3.63) is 41.5 Å². The Morgan fingerprint density at radius 3 is 2.75 bits per heavy atom. The van der Waals surface area contributed by atoms with E-state index in [4.69, 9.17) is 0 Å². The lowest BCUT2D eigenvalue weighted by molar-refractivity contribution is 0.927. The molecule has 1 aromatic carbocycles. The Balaban J connectivity index is 2.39. The standard InChI is InChI=1S/C11H13N/c1-9-5-2-3-6-10(9)11-7-4-8-12-11/h2-3,5-7,12H,4,8H2,1H3. The summed E-state index contributed by atoms with van der Waals surface area (Å²) in [5, 5.41) is 3.37. The van der Waals surface area contributed by atoms with Gasteiger partial charge in [0.15, 0.2) is 0 Å². The number of nitrogens with one attached hydrogen (secondary N) is 1. The minimum atomic E-state index is 1.09. The van der Waals surface area contributed by atoms with Crippen LogP contribution in [0, 0.1) is 6.92 Å². The predicted molar refractivity (Wildman–Crippen MR) is 51.8 cm³/mol. The van der Waals surface area contributed by atoms with Gasteiger partial charge in [0.05, 0.1) is 0 Å². The maximum absolute atomic E-state index is 3.37. The third-order valence-corrected chi connectivity index (χ3v) is 2.24. The van der Waals surface area contributed by atoms with Crippen LogP contribution in [0.5, 0.6) is 0 Å². The van der Waals surface area contributed by atoms with Gasteiger partial charge in [0.2, 0.25) is 0 Å². The van der Waals surface area contributed by atoms with Crippen molar-refractivity contribution in [2.45, 2.75) is 13.3 Å². The lowest BCUT2D eigenvalue weighted by Crippen LogP contribution is -2.06. The first-order valence-corrected chi connectivity index (χ1v) is 4.38. The zero-order chi connectivity index (χ0) is 8.39. The second-order valence-corrected chi connectivity index (χ2v) is 3.15. The second-order valence-electron chi connectivity index (χ2n) is 3.15. The first-order chi connectivity index (χ1) is 5.88. The van der Waals surface area contributed by atoms with E-state index in [9.17, 15) is 0 Å². The maximum Gasteiger partial charge on any atom is 0.0376 e. The van der Waals surface area contributed by atoms with Crippen molar-refractivity contribution in [1.82, 2.24) is 5.32 Å². The summed E-state index contributed by atoms with van der Waals surface area (Å²) in [5.74, 6) is 0. The molecule has 1 heteroatoms. The van der Waals surface area contributed by atoms with Crippen LogP contribution in [0.3, 0.4) is 0 Å². The monoisotopic (exact) mass is 159 g/mol. The van der Waals surface area contributed by atoms with Gasteiger partial charge >= 0.3 is 0 Å². The number of benzene rings is 1. The Morgan fingerprint density at radius 1 is 1.25 bits per heavy atom. The fraction of sp³-hybridized carbons (Fsp3) is 0.273. The molecule has 62 valence electrons. The van der Waals surface area contributed by atoms with Crippen molar-refractivity contribution >= 4 is 5.70 Å². The van der Waals surface area contributed by atoms with Gasteiger partial charge in [-0.15, -0.1) is 0 Å². The zero-order valence-electron chi connectivity index (χ0n) is 7.30. The molecule has 1 heterocycles. The van der Waals surface area contributed by atoms with Crippen LogP contribution in [0.15, 0.2) is 30.3 Å². The summed E-state index contributed by atoms with van der Waals surface area (Å²) in [6.07, 6.45) is 3.42. The van der Waals surface area contributed by atoms with Crippen molar-refractivity contribution in [2.24, 2.45) is 0 Å². The Bertz CT molecular complexity index is 313. The average Bonchev–Trinajstić information content (AvgIpc) is 2.57. The van der Waals surface area contributed by atoms with E-state index in [1.165, 1.54) is 16.8 Å². The van der Waals surface area contributed by atoms with Gasteiger partial charge in [0.1, 0.15) is 0 Å². The van der Waals surface area contributed by atoms with Gasteiger partial charge < -0.3 is 5.32 Å². The highest BCUT2D eigenvalue weighted by Crippen LogP contribution is 2.19. The van der Waals surface area contributed by atoms with Crippen molar-refractivity contribution in [3.63, 3.8) is 0 Å². The van der Waals surface area contributed by atoms with Crippen LogP contribution < -0.4 is 5.32 Å². The maximum atomic E-state index is 3.37. The molecule has 1 N–H and O–H groups in total. The van der Waals surface area contributed by atoms with E-state index in [2.05, 4.69) is 42.6 Å². The fourth-order valence-electron chi connectivity index (χ4n) is 1.58. The molecule has 0 fully saturated rings. The highest BCUT2D eigenvalue weighted by Gasteiger charge is 2.06. The molecule has 0 aromatic heterocycles. The number of hydrogen-bond donors (Lipinski definition) is 1. The number of rotatable bonds is 1. The van der Waals surface area contributed by atoms with E-state index in [-0.39, 0.29) is 0 Å². The minimum Gasteiger partial charge on any atom is -0.384 e. The molecule has 1 aromatic rings. The van der Waals surface area contributed by atoms with Crippen LogP contribution in [0.25, 0.3) is 5.70 Å². The third kappa shape index (κ3) is 1.22. The molecule has 1 aliphatic rings. The van der Waals surface area contributed by atoms with E-state index >= 15 is 0 Å². The van der Waals surface area contributed by atoms with Gasteiger partial charge in [-0.25, -0.2) is 0 Å². The molecule has 1 nitrogen and oxygen atoms in total. The van der Waals surface area contributed by atoms with Crippen LogP contribution in [-0.2, 0) is 0 Å². The molecule has 1 aliphatic heterocycles. The SMILES string of the molecule is Cc1ccccc1C1=CCCN1. The normalized spacial score (nSPS) is 15.6. The van der Waals surface area contributed by atoms with Gasteiger partial charge in [-0.3, -0.25) is 0 Å². The topological polar surface area (TPSA) is 12.0 Å². The smallest absolute Gasteiger partial charge is 0.0376 e. The quantitative estimate of drug-likeness (QED) is 0.663. The fourth-order valence-corrected chi connectivity index (χ4v) is 1.58. The van der Waals surface area contributed by atoms with Crippen LogP contribution >= 0.6 is 0 Å². The van der Waals surface area contributed by atoms with Gasteiger partial charge in [0.25, 0.3) is 0 Å². The molecule has 0 saturated carbocycles. The van der Waals surface area contributed by atoms with Gasteiger partial charge in [-0.1, -0.05) is 30.3 Å². The molecule has 0 bridgehead atoms. The summed E-state index contributed by atoms with van der Waals surface area (Å²) in [7, 11) is 0. The molecule has 0 atom stereocenters. The molecule has 12 heavy (non-hydrogen) atoms. The molecule has 0 saturated heterocycles. The van der Waals surface area contributed by atoms with Gasteiger partial charge in [-0.2, -0.15) is 0 Å². The highest BCUT2D eigenvalue weighted by atomic mass is 14.9. The molecule has 0 radical (unpaired) electrons. The van der Waals surface area contributed by atoms with E-state index < -0.39 is 0 Å². The minimum absolute atomic E-state index is 1.09. The Morgan fingerprint density at radius 2 is 2.08 bits per heavy atom. The molecule has 0 spiro atoms. The van der Waals surface area contributed by atoms with Crippen molar-refractivity contribution < 1.29 is 0 Å². The Hall–Kier alpha value is -1.24. The Labute approximate surface area is 73.1 Å². The van der Waals surface area contributed by atoms with Crippen molar-refractivity contribution in [2.75, 3.05) is 6.54 Å². The molecule has 0 aliphatic carbocycles. The van der Waals surface area contributed by atoms with E-state index in [1.807, 2.05) is 0 Å². The summed E-state index contributed by atoms with van der Waals surface area (Å²) < 4.78 is 0. The second kappa shape index (κ2) is 3.02. The molecular formula is C11H13N. The number of hydrogen-bond acceptors (Lipinski definition) is 1. The van der Waals surface area contributed by atoms with Gasteiger partial charge in [0, 0.05) is 17.8 Å². The molecule has 2 rings (SSSR count). The predicted octanol–water partition coefficient (Wildman–Crippen LogP) is 2.33. The lowest BCUT2D eigenvalue weighted by Gasteiger charge is -2.06. The summed E-state index contributed by atoms with van der Waals surface area (Å²) in [6, 6.07) is 8.48. The summed E-state index contributed by atoms with van der Waals surface area (Å²) in [6.45, 7) is 3.24. The summed E-state index contributed by atoms with van der Waals surface area (Å²) >= 11 is 0. The van der Waals surface area contributed by atoms with Crippen LogP contribution in [0.4, 0.5) is 0 Å². The van der Waals surface area contributed by atoms with E-state index in [0.717, 1.165) is 13.0 Å². The summed E-state index contributed by atoms with van der Waals surface area (Å²) in [5.41, 5.74) is 3.99. The van der Waals surface area contributed by atoms with Gasteiger partial charge in [-0.05, 0) is 18.9 Å². The third-order valence-electron chi connectivity index (χ3n) is 2.24. The number of aryl methyl sites for hydroxylation is 1. The van der Waals surface area contributed by atoms with E-state index in [1.54, 1.807) is 0 Å². The molecule has 0 unspecified atom stereocenters. The zero-order valence-corrected chi connectivity index (χ0v) is 7.30. The van der Waals surface area contributed by atoms with Crippen molar-refractivity contribution in [1.29, 1.82) is 0 Å². The average molecular weight is 159 g/mol. The Kier molecular flexibility index (Phi) is 1.86. The van der Waals surface area contributed by atoms with E-state index in [0.29, 0.717) is 0 Å². The molecule has 0 amide bonds. The first kappa shape index (κ1) is 7.41. The summed E-state index contributed by atoms with van der Waals surface area (Å²) in [4.78, 5) is 0. The lowest BCUT2D eigenvalue weighted by atomic mass is 10.1.